The summed E-state index contributed by atoms with van der Waals surface area (Å²) in [5.41, 5.74) is -0.440. The first-order chi connectivity index (χ1) is 15.4. The maximum Gasteiger partial charge on any atom is 0.416 e. The van der Waals surface area contributed by atoms with Crippen LogP contribution in [0, 0.1) is 0 Å². The highest BCUT2D eigenvalue weighted by molar-refractivity contribution is 5.94. The molecule has 6 nitrogen and oxygen atoms in total. The second-order valence-corrected chi connectivity index (χ2v) is 7.66. The zero-order valence-corrected chi connectivity index (χ0v) is 17.4. The number of benzene rings is 2. The van der Waals surface area contributed by atoms with Crippen LogP contribution in [0.5, 0.6) is 11.5 Å². The zero-order valence-electron chi connectivity index (χ0n) is 17.4. The Kier molecular flexibility index (Phi) is 6.43. The summed E-state index contributed by atoms with van der Waals surface area (Å²) >= 11 is 0. The van der Waals surface area contributed by atoms with Gasteiger partial charge in [-0.2, -0.15) is 13.2 Å². The number of halogens is 3. The molecule has 0 radical (unpaired) electrons. The van der Waals surface area contributed by atoms with Crippen molar-refractivity contribution in [3.63, 3.8) is 0 Å². The Hall–Kier alpha value is -3.36. The van der Waals surface area contributed by atoms with Crippen LogP contribution in [0.25, 0.3) is 0 Å². The third-order valence-corrected chi connectivity index (χ3v) is 5.31. The van der Waals surface area contributed by atoms with Gasteiger partial charge in [-0.1, -0.05) is 18.6 Å². The maximum absolute atomic E-state index is 12.9. The quantitative estimate of drug-likeness (QED) is 0.594. The topological polar surface area (TPSA) is 69.0 Å². The van der Waals surface area contributed by atoms with E-state index in [0.29, 0.717) is 18.5 Å². The van der Waals surface area contributed by atoms with Gasteiger partial charge in [-0.25, -0.2) is 0 Å². The minimum atomic E-state index is -4.45. The lowest BCUT2D eigenvalue weighted by Gasteiger charge is -2.11. The van der Waals surface area contributed by atoms with Crippen molar-refractivity contribution in [2.45, 2.75) is 44.8 Å². The Labute approximate surface area is 183 Å². The SMILES string of the molecule is O=C(NCCc1nnc2n1CCCCC2)c1cccc(Oc2cccc(C(F)(F)F)c2)c1. The molecule has 3 aromatic rings. The number of aryl methyl sites for hydroxylation is 1. The van der Waals surface area contributed by atoms with Gasteiger partial charge in [0, 0.05) is 31.5 Å². The van der Waals surface area contributed by atoms with E-state index in [0.717, 1.165) is 49.6 Å². The zero-order chi connectivity index (χ0) is 22.6. The van der Waals surface area contributed by atoms with Crippen LogP contribution >= 0.6 is 0 Å². The lowest BCUT2D eigenvalue weighted by Crippen LogP contribution is -2.26. The monoisotopic (exact) mass is 444 g/mol. The molecule has 0 unspecified atom stereocenters. The molecule has 0 bridgehead atoms. The highest BCUT2D eigenvalue weighted by Crippen LogP contribution is 2.32. The first-order valence-electron chi connectivity index (χ1n) is 10.5. The number of aromatic nitrogens is 3. The largest absolute Gasteiger partial charge is 0.457 e. The van der Waals surface area contributed by atoms with Crippen LogP contribution in [0.4, 0.5) is 13.2 Å². The second kappa shape index (κ2) is 9.42. The van der Waals surface area contributed by atoms with Crippen LogP contribution in [-0.2, 0) is 25.6 Å². The van der Waals surface area contributed by atoms with E-state index in [1.165, 1.54) is 24.6 Å². The van der Waals surface area contributed by atoms with Crippen LogP contribution in [0.2, 0.25) is 0 Å². The Morgan fingerprint density at radius 2 is 1.81 bits per heavy atom. The summed E-state index contributed by atoms with van der Waals surface area (Å²) < 4.78 is 46.4. The van der Waals surface area contributed by atoms with Gasteiger partial charge in [0.25, 0.3) is 5.91 Å². The Bertz CT molecular complexity index is 1090. The fourth-order valence-corrected chi connectivity index (χ4v) is 3.69. The van der Waals surface area contributed by atoms with Gasteiger partial charge in [0.1, 0.15) is 23.1 Å². The van der Waals surface area contributed by atoms with Gasteiger partial charge in [-0.15, -0.1) is 10.2 Å². The summed E-state index contributed by atoms with van der Waals surface area (Å²) in [6, 6.07) is 10.9. The number of alkyl halides is 3. The predicted molar refractivity (Wildman–Crippen MR) is 112 cm³/mol. The van der Waals surface area contributed by atoms with Gasteiger partial charge < -0.3 is 14.6 Å². The molecule has 0 fully saturated rings. The van der Waals surface area contributed by atoms with Crippen molar-refractivity contribution in [2.75, 3.05) is 6.54 Å². The predicted octanol–water partition coefficient (Wildman–Crippen LogP) is 4.79. The Morgan fingerprint density at radius 1 is 1.03 bits per heavy atom. The van der Waals surface area contributed by atoms with Crippen LogP contribution < -0.4 is 10.1 Å². The van der Waals surface area contributed by atoms with Crippen molar-refractivity contribution in [2.24, 2.45) is 0 Å². The summed E-state index contributed by atoms with van der Waals surface area (Å²) in [5.74, 6) is 1.90. The number of ether oxygens (including phenoxy) is 1. The second-order valence-electron chi connectivity index (χ2n) is 7.66. The first-order valence-corrected chi connectivity index (χ1v) is 10.5. The third-order valence-electron chi connectivity index (χ3n) is 5.31. The Morgan fingerprint density at radius 3 is 2.62 bits per heavy atom. The van der Waals surface area contributed by atoms with Gasteiger partial charge >= 0.3 is 6.18 Å². The van der Waals surface area contributed by atoms with Gasteiger partial charge in [0.15, 0.2) is 0 Å². The molecule has 1 aromatic heterocycles. The number of carbonyl (C=O) groups is 1. The number of amides is 1. The number of rotatable bonds is 6. The molecule has 2 heterocycles. The lowest BCUT2D eigenvalue weighted by molar-refractivity contribution is -0.137. The molecule has 1 N–H and O–H groups in total. The van der Waals surface area contributed by atoms with E-state index >= 15 is 0 Å². The molecule has 0 aliphatic carbocycles. The minimum absolute atomic E-state index is 0.0462. The molecule has 9 heteroatoms. The van der Waals surface area contributed by atoms with E-state index in [9.17, 15) is 18.0 Å². The number of hydrogen-bond acceptors (Lipinski definition) is 4. The molecule has 32 heavy (non-hydrogen) atoms. The van der Waals surface area contributed by atoms with E-state index < -0.39 is 11.7 Å². The number of hydrogen-bond donors (Lipinski definition) is 1. The standard InChI is InChI=1S/C23H23F3N4O2/c24-23(25,26)17-7-5-9-19(15-17)32-18-8-4-6-16(14-18)22(31)27-12-11-21-29-28-20-10-2-1-3-13-30(20)21/h4-9,14-15H,1-3,10-13H2,(H,27,31). The smallest absolute Gasteiger partial charge is 0.416 e. The summed E-state index contributed by atoms with van der Waals surface area (Å²) in [4.78, 5) is 12.5. The number of carbonyl (C=O) groups excluding carboxylic acids is 1. The Balaban J connectivity index is 1.36. The summed E-state index contributed by atoms with van der Waals surface area (Å²) in [7, 11) is 0. The molecule has 0 saturated carbocycles. The fourth-order valence-electron chi connectivity index (χ4n) is 3.69. The van der Waals surface area contributed by atoms with Crippen LogP contribution in [0.3, 0.4) is 0 Å². The van der Waals surface area contributed by atoms with Crippen molar-refractivity contribution in [1.82, 2.24) is 20.1 Å². The molecule has 4 rings (SSSR count). The van der Waals surface area contributed by atoms with Crippen molar-refractivity contribution >= 4 is 5.91 Å². The number of fused-ring (bicyclic) bond motifs is 1. The molecule has 0 spiro atoms. The number of nitrogens with zero attached hydrogens (tertiary/aromatic N) is 3. The number of nitrogens with one attached hydrogen (secondary N) is 1. The highest BCUT2D eigenvalue weighted by Gasteiger charge is 2.30. The molecule has 1 aliphatic heterocycles. The lowest BCUT2D eigenvalue weighted by atomic mass is 10.2. The first kappa shape index (κ1) is 21.9. The van der Waals surface area contributed by atoms with Crippen LogP contribution in [-0.4, -0.2) is 27.2 Å². The van der Waals surface area contributed by atoms with Gasteiger partial charge in [-0.05, 0) is 49.2 Å². The van der Waals surface area contributed by atoms with Crippen LogP contribution in [0.1, 0.15) is 46.8 Å². The van der Waals surface area contributed by atoms with Crippen molar-refractivity contribution < 1.29 is 22.7 Å². The summed E-state index contributed by atoms with van der Waals surface area (Å²) in [6.07, 6.45) is 0.441. The van der Waals surface area contributed by atoms with Crippen molar-refractivity contribution in [1.29, 1.82) is 0 Å². The summed E-state index contributed by atoms with van der Waals surface area (Å²) in [6.45, 7) is 1.30. The van der Waals surface area contributed by atoms with Gasteiger partial charge in [0.05, 0.1) is 5.56 Å². The average Bonchev–Trinajstić information content (AvgIpc) is 2.99. The van der Waals surface area contributed by atoms with E-state index in [-0.39, 0.29) is 17.4 Å². The normalized spacial score (nSPS) is 13.8. The molecular formula is C23H23F3N4O2. The average molecular weight is 444 g/mol. The molecule has 2 aromatic carbocycles. The van der Waals surface area contributed by atoms with E-state index in [1.54, 1.807) is 18.2 Å². The molecular weight excluding hydrogens is 421 g/mol. The molecule has 0 atom stereocenters. The highest BCUT2D eigenvalue weighted by atomic mass is 19.4. The fraction of sp³-hybridized carbons (Fsp3) is 0.348. The van der Waals surface area contributed by atoms with E-state index in [2.05, 4.69) is 20.1 Å². The van der Waals surface area contributed by atoms with Crippen LogP contribution in [0.15, 0.2) is 48.5 Å². The molecule has 0 saturated heterocycles. The molecule has 1 aliphatic rings. The summed E-state index contributed by atoms with van der Waals surface area (Å²) in [5, 5.41) is 11.4. The van der Waals surface area contributed by atoms with Gasteiger partial charge in [0.2, 0.25) is 0 Å². The molecule has 168 valence electrons. The van der Waals surface area contributed by atoms with E-state index in [1.807, 2.05) is 0 Å². The molecule has 1 amide bonds. The van der Waals surface area contributed by atoms with Crippen molar-refractivity contribution in [3.05, 3.63) is 71.3 Å². The minimum Gasteiger partial charge on any atom is -0.457 e. The van der Waals surface area contributed by atoms with Crippen molar-refractivity contribution in [3.8, 4) is 11.5 Å². The third kappa shape index (κ3) is 5.27. The van der Waals surface area contributed by atoms with Gasteiger partial charge in [-0.3, -0.25) is 4.79 Å². The maximum atomic E-state index is 12.9. The van der Waals surface area contributed by atoms with E-state index in [4.69, 9.17) is 4.74 Å².